The number of imidazole rings is 1. The number of carbonyl (C=O) groups excluding carboxylic acids is 1. The Hall–Kier alpha value is -2.14. The molecule has 1 aliphatic heterocycles. The minimum atomic E-state index is 0.0145. The van der Waals surface area contributed by atoms with Crippen molar-refractivity contribution in [3.63, 3.8) is 0 Å². The van der Waals surface area contributed by atoms with E-state index in [0.717, 1.165) is 25.0 Å². The number of nitrogens with one attached hydrogen (secondary N) is 1. The Labute approximate surface area is 142 Å². The summed E-state index contributed by atoms with van der Waals surface area (Å²) in [5.41, 5.74) is 2.35. The summed E-state index contributed by atoms with van der Waals surface area (Å²) in [7, 11) is 1.97. The van der Waals surface area contributed by atoms with E-state index in [9.17, 15) is 4.79 Å². The van der Waals surface area contributed by atoms with Crippen molar-refractivity contribution in [2.75, 3.05) is 6.61 Å². The smallest absolute Gasteiger partial charge is 0.223 e. The predicted octanol–water partition coefficient (Wildman–Crippen LogP) is 2.56. The maximum Gasteiger partial charge on any atom is 0.223 e. The third-order valence-corrected chi connectivity index (χ3v) is 5.17. The van der Waals surface area contributed by atoms with Gasteiger partial charge in [0.25, 0.3) is 0 Å². The van der Waals surface area contributed by atoms with Crippen LogP contribution in [-0.4, -0.2) is 28.1 Å². The molecular weight excluding hydrogens is 302 g/mol. The quantitative estimate of drug-likeness (QED) is 0.940. The SMILES string of the molecule is Cn1cncc1[C@@H]1C[C@H](NC(=O)[C@H]2C[C@H]2c2ccccc2)CCO1. The van der Waals surface area contributed by atoms with Gasteiger partial charge in [0.15, 0.2) is 0 Å². The van der Waals surface area contributed by atoms with Crippen LogP contribution in [0.25, 0.3) is 0 Å². The zero-order valence-corrected chi connectivity index (χ0v) is 13.9. The van der Waals surface area contributed by atoms with Crippen LogP contribution in [0.5, 0.6) is 0 Å². The van der Waals surface area contributed by atoms with Crippen molar-refractivity contribution in [1.82, 2.24) is 14.9 Å². The summed E-state index contributed by atoms with van der Waals surface area (Å²) in [6, 6.07) is 10.5. The van der Waals surface area contributed by atoms with E-state index in [2.05, 4.69) is 22.4 Å². The number of amides is 1. The van der Waals surface area contributed by atoms with Crippen LogP contribution in [0.4, 0.5) is 0 Å². The Kier molecular flexibility index (Phi) is 4.10. The second kappa shape index (κ2) is 6.40. The molecule has 1 amide bonds. The molecule has 126 valence electrons. The van der Waals surface area contributed by atoms with Gasteiger partial charge in [-0.15, -0.1) is 0 Å². The standard InChI is InChI=1S/C19H23N3O2/c1-22-12-20-11-17(22)18-9-14(7-8-24-18)21-19(23)16-10-15(16)13-5-3-2-4-6-13/h2-6,11-12,14-16,18H,7-10H2,1H3,(H,21,23)/t14-,15+,16+,18+/m1/s1. The third-order valence-electron chi connectivity index (χ3n) is 5.17. The van der Waals surface area contributed by atoms with Crippen molar-refractivity contribution < 1.29 is 9.53 Å². The highest BCUT2D eigenvalue weighted by Gasteiger charge is 2.44. The van der Waals surface area contributed by atoms with E-state index in [1.165, 1.54) is 5.56 Å². The normalized spacial score (nSPS) is 29.2. The fourth-order valence-corrected chi connectivity index (χ4v) is 3.67. The Morgan fingerprint density at radius 3 is 2.88 bits per heavy atom. The van der Waals surface area contributed by atoms with Crippen LogP contribution in [0.15, 0.2) is 42.9 Å². The van der Waals surface area contributed by atoms with Gasteiger partial charge in [0.05, 0.1) is 18.2 Å². The molecule has 2 fully saturated rings. The van der Waals surface area contributed by atoms with Crippen LogP contribution in [0.2, 0.25) is 0 Å². The zero-order valence-electron chi connectivity index (χ0n) is 13.9. The molecule has 1 aromatic heterocycles. The fourth-order valence-electron chi connectivity index (χ4n) is 3.67. The number of aromatic nitrogens is 2. The molecule has 0 radical (unpaired) electrons. The molecule has 5 heteroatoms. The average molecular weight is 325 g/mol. The molecule has 2 heterocycles. The van der Waals surface area contributed by atoms with Crippen LogP contribution in [0.3, 0.4) is 0 Å². The van der Waals surface area contributed by atoms with Gasteiger partial charge in [0, 0.05) is 25.6 Å². The van der Waals surface area contributed by atoms with Crippen molar-refractivity contribution in [2.24, 2.45) is 13.0 Å². The number of aryl methyl sites for hydroxylation is 1. The Morgan fingerprint density at radius 1 is 1.29 bits per heavy atom. The van der Waals surface area contributed by atoms with Crippen molar-refractivity contribution in [2.45, 2.75) is 37.3 Å². The second-order valence-electron chi connectivity index (χ2n) is 6.88. The number of carbonyl (C=O) groups is 1. The fraction of sp³-hybridized carbons (Fsp3) is 0.474. The molecule has 24 heavy (non-hydrogen) atoms. The summed E-state index contributed by atoms with van der Waals surface area (Å²) in [5.74, 6) is 0.712. The van der Waals surface area contributed by atoms with Gasteiger partial charge in [-0.3, -0.25) is 4.79 Å². The number of nitrogens with zero attached hydrogens (tertiary/aromatic N) is 2. The highest BCUT2D eigenvalue weighted by Crippen LogP contribution is 2.47. The second-order valence-corrected chi connectivity index (χ2v) is 6.88. The van der Waals surface area contributed by atoms with E-state index >= 15 is 0 Å². The summed E-state index contributed by atoms with van der Waals surface area (Å²) < 4.78 is 7.86. The molecule has 1 N–H and O–H groups in total. The van der Waals surface area contributed by atoms with Gasteiger partial charge in [0.1, 0.15) is 6.10 Å². The topological polar surface area (TPSA) is 56.2 Å². The first-order chi connectivity index (χ1) is 11.7. The lowest BCUT2D eigenvalue weighted by molar-refractivity contribution is -0.124. The molecule has 1 aliphatic carbocycles. The van der Waals surface area contributed by atoms with E-state index in [4.69, 9.17) is 4.74 Å². The highest BCUT2D eigenvalue weighted by molar-refractivity contribution is 5.83. The first kappa shape index (κ1) is 15.4. The number of benzene rings is 1. The van der Waals surface area contributed by atoms with Gasteiger partial charge in [-0.25, -0.2) is 4.98 Å². The van der Waals surface area contributed by atoms with E-state index in [-0.39, 0.29) is 24.0 Å². The van der Waals surface area contributed by atoms with E-state index < -0.39 is 0 Å². The van der Waals surface area contributed by atoms with E-state index in [0.29, 0.717) is 12.5 Å². The minimum absolute atomic E-state index is 0.0145. The molecule has 0 bridgehead atoms. The predicted molar refractivity (Wildman–Crippen MR) is 90.4 cm³/mol. The number of ether oxygens (including phenoxy) is 1. The summed E-state index contributed by atoms with van der Waals surface area (Å²) >= 11 is 0. The molecule has 1 aromatic carbocycles. The number of hydrogen-bond acceptors (Lipinski definition) is 3. The molecule has 2 aromatic rings. The van der Waals surface area contributed by atoms with Crippen LogP contribution >= 0.6 is 0 Å². The molecule has 5 nitrogen and oxygen atoms in total. The minimum Gasteiger partial charge on any atom is -0.372 e. The van der Waals surface area contributed by atoms with Gasteiger partial charge in [-0.1, -0.05) is 30.3 Å². The monoisotopic (exact) mass is 325 g/mol. The lowest BCUT2D eigenvalue weighted by Gasteiger charge is -2.30. The summed E-state index contributed by atoms with van der Waals surface area (Å²) in [6.07, 6.45) is 6.30. The summed E-state index contributed by atoms with van der Waals surface area (Å²) in [5, 5.41) is 3.24. The van der Waals surface area contributed by atoms with Crippen molar-refractivity contribution in [1.29, 1.82) is 0 Å². The summed E-state index contributed by atoms with van der Waals surface area (Å²) in [6.45, 7) is 0.674. The Balaban J connectivity index is 1.34. The summed E-state index contributed by atoms with van der Waals surface area (Å²) in [4.78, 5) is 16.7. The molecule has 4 rings (SSSR count). The lowest BCUT2D eigenvalue weighted by Crippen LogP contribution is -2.41. The maximum atomic E-state index is 12.5. The molecule has 0 spiro atoms. The van der Waals surface area contributed by atoms with Crippen LogP contribution in [0.1, 0.15) is 42.5 Å². The molecular formula is C19H23N3O2. The maximum absolute atomic E-state index is 12.5. The highest BCUT2D eigenvalue weighted by atomic mass is 16.5. The third kappa shape index (κ3) is 3.08. The van der Waals surface area contributed by atoms with Crippen molar-refractivity contribution in [3.8, 4) is 0 Å². The van der Waals surface area contributed by atoms with Gasteiger partial charge in [-0.05, 0) is 30.7 Å². The first-order valence-corrected chi connectivity index (χ1v) is 8.65. The molecule has 1 saturated heterocycles. The van der Waals surface area contributed by atoms with E-state index in [1.807, 2.05) is 36.0 Å². The lowest BCUT2D eigenvalue weighted by atomic mass is 10.0. The first-order valence-electron chi connectivity index (χ1n) is 8.65. The van der Waals surface area contributed by atoms with Crippen molar-refractivity contribution >= 4 is 5.91 Å². The molecule has 2 aliphatic rings. The van der Waals surface area contributed by atoms with Gasteiger partial charge >= 0.3 is 0 Å². The van der Waals surface area contributed by atoms with Crippen LogP contribution in [-0.2, 0) is 16.6 Å². The van der Waals surface area contributed by atoms with Gasteiger partial charge in [-0.2, -0.15) is 0 Å². The van der Waals surface area contributed by atoms with Crippen molar-refractivity contribution in [3.05, 3.63) is 54.1 Å². The molecule has 4 atom stereocenters. The van der Waals surface area contributed by atoms with E-state index in [1.54, 1.807) is 6.33 Å². The van der Waals surface area contributed by atoms with Gasteiger partial charge < -0.3 is 14.6 Å². The van der Waals surface area contributed by atoms with Gasteiger partial charge in [0.2, 0.25) is 5.91 Å². The van der Waals surface area contributed by atoms with Crippen LogP contribution in [0, 0.1) is 5.92 Å². The zero-order chi connectivity index (χ0) is 16.5. The molecule has 0 unspecified atom stereocenters. The average Bonchev–Trinajstić information content (AvgIpc) is 3.30. The number of hydrogen-bond donors (Lipinski definition) is 1. The Bertz CT molecular complexity index is 712. The Morgan fingerprint density at radius 2 is 2.12 bits per heavy atom. The molecule has 1 saturated carbocycles. The largest absolute Gasteiger partial charge is 0.372 e. The van der Waals surface area contributed by atoms with Crippen LogP contribution < -0.4 is 5.32 Å². The number of rotatable bonds is 4.